The van der Waals surface area contributed by atoms with Crippen LogP contribution in [-0.2, 0) is 16.0 Å². The number of nitrogens with zero attached hydrogens (tertiary/aromatic N) is 1. The second-order valence-corrected chi connectivity index (χ2v) is 15.9. The highest BCUT2D eigenvalue weighted by Crippen LogP contribution is 2.49. The number of nitrogens with one attached hydrogen (secondary N) is 2. The molecule has 1 saturated heterocycles. The van der Waals surface area contributed by atoms with Crippen LogP contribution >= 0.6 is 58.0 Å². The highest BCUT2D eigenvalue weighted by molar-refractivity contribution is 6.63. The number of hydrogen-bond donors (Lipinski definition) is 3. The third-order valence-electron chi connectivity index (χ3n) is 9.52. The monoisotopic (exact) mass is 822 g/mol. The van der Waals surface area contributed by atoms with Crippen molar-refractivity contribution in [2.75, 3.05) is 13.1 Å². The minimum Gasteiger partial charge on any atom is -0.357 e. The SMILES string of the molecule is NCC1CC1.O=C(Cl)Cc1ccc(Cl)cc1.O=C1C(c2ccc(Cl)cc2)C(c2cc3ccc(Cl)cc3[nH]2)N1CC1CC1.O=Cc1cc2ccc(Cl)cc2[nH]1. The van der Waals surface area contributed by atoms with Gasteiger partial charge in [-0.1, -0.05) is 82.8 Å². The van der Waals surface area contributed by atoms with Gasteiger partial charge < -0.3 is 20.6 Å². The summed E-state index contributed by atoms with van der Waals surface area (Å²) >= 11 is 28.7. The van der Waals surface area contributed by atoms with Crippen LogP contribution in [-0.4, -0.2) is 45.4 Å². The van der Waals surface area contributed by atoms with Gasteiger partial charge in [-0.05, 0) is 133 Å². The number of fused-ring (bicyclic) bond motifs is 2. The zero-order chi connectivity index (χ0) is 38.4. The van der Waals surface area contributed by atoms with E-state index in [4.69, 9.17) is 63.7 Å². The topological polar surface area (TPSA) is 112 Å². The van der Waals surface area contributed by atoms with E-state index in [0.29, 0.717) is 31.7 Å². The summed E-state index contributed by atoms with van der Waals surface area (Å²) in [5.41, 5.74) is 10.7. The van der Waals surface area contributed by atoms with Crippen molar-refractivity contribution in [3.05, 3.63) is 140 Å². The first kappa shape index (κ1) is 39.9. The molecule has 7 nitrogen and oxygen atoms in total. The number of carbonyl (C=O) groups excluding carboxylic acids is 3. The molecule has 9 rings (SSSR count). The first-order valence-corrected chi connectivity index (χ1v) is 19.6. The molecule has 280 valence electrons. The smallest absolute Gasteiger partial charge is 0.233 e. The van der Waals surface area contributed by atoms with Crippen LogP contribution in [0.25, 0.3) is 21.8 Å². The summed E-state index contributed by atoms with van der Waals surface area (Å²) in [7, 11) is 0. The second-order valence-electron chi connectivity index (χ2n) is 13.8. The van der Waals surface area contributed by atoms with Crippen molar-refractivity contribution in [3.8, 4) is 0 Å². The van der Waals surface area contributed by atoms with Gasteiger partial charge in [0.2, 0.25) is 11.1 Å². The van der Waals surface area contributed by atoms with Gasteiger partial charge in [-0.25, -0.2) is 0 Å². The highest BCUT2D eigenvalue weighted by atomic mass is 35.5. The number of carbonyl (C=O) groups is 3. The average Bonchev–Trinajstić information content (AvgIpc) is 4.09. The first-order valence-electron chi connectivity index (χ1n) is 17.7. The lowest BCUT2D eigenvalue weighted by atomic mass is 9.79. The Bertz CT molecular complexity index is 2230. The highest BCUT2D eigenvalue weighted by Gasteiger charge is 2.50. The summed E-state index contributed by atoms with van der Waals surface area (Å²) in [5.74, 6) is 1.62. The van der Waals surface area contributed by atoms with Crippen LogP contribution in [0, 0.1) is 11.8 Å². The average molecular weight is 825 g/mol. The van der Waals surface area contributed by atoms with E-state index < -0.39 is 0 Å². The van der Waals surface area contributed by atoms with Crippen LogP contribution in [0.1, 0.15) is 65.0 Å². The lowest BCUT2D eigenvalue weighted by molar-refractivity contribution is -0.151. The molecule has 4 aromatic carbocycles. The molecule has 1 amide bonds. The molecule has 0 spiro atoms. The number of halogens is 5. The number of amides is 1. The summed E-state index contributed by atoms with van der Waals surface area (Å²) in [4.78, 5) is 42.2. The van der Waals surface area contributed by atoms with Crippen molar-refractivity contribution in [1.82, 2.24) is 14.9 Å². The van der Waals surface area contributed by atoms with E-state index in [0.717, 1.165) is 63.9 Å². The van der Waals surface area contributed by atoms with Gasteiger partial charge in [-0.15, -0.1) is 0 Å². The van der Waals surface area contributed by atoms with Gasteiger partial charge >= 0.3 is 0 Å². The predicted molar refractivity (Wildman–Crippen MR) is 221 cm³/mol. The maximum atomic E-state index is 12.9. The number of aldehydes is 1. The van der Waals surface area contributed by atoms with Crippen LogP contribution in [0.4, 0.5) is 0 Å². The van der Waals surface area contributed by atoms with Crippen LogP contribution < -0.4 is 5.73 Å². The molecular formula is C42H39Cl5N4O3. The van der Waals surface area contributed by atoms with Gasteiger partial charge in [-0.3, -0.25) is 14.4 Å². The number of rotatable bonds is 8. The Labute approximate surface area is 339 Å². The summed E-state index contributed by atoms with van der Waals surface area (Å²) in [6, 6.07) is 30.0. The minimum atomic E-state index is -0.354. The fourth-order valence-electron chi connectivity index (χ4n) is 6.26. The summed E-state index contributed by atoms with van der Waals surface area (Å²) in [6.45, 7) is 1.77. The van der Waals surface area contributed by atoms with E-state index in [9.17, 15) is 14.4 Å². The molecular weight excluding hydrogens is 786 g/mol. The lowest BCUT2D eigenvalue weighted by Gasteiger charge is -2.47. The number of aromatic amines is 2. The van der Waals surface area contributed by atoms with Gasteiger partial charge in [0.15, 0.2) is 6.29 Å². The van der Waals surface area contributed by atoms with Crippen molar-refractivity contribution < 1.29 is 14.4 Å². The summed E-state index contributed by atoms with van der Waals surface area (Å²) in [5, 5.41) is 4.49. The molecule has 12 heteroatoms. The second kappa shape index (κ2) is 18.2. The largest absolute Gasteiger partial charge is 0.357 e. The molecule has 0 radical (unpaired) electrons. The molecule has 0 bridgehead atoms. The number of H-pyrrole nitrogens is 2. The van der Waals surface area contributed by atoms with Crippen molar-refractivity contribution in [1.29, 1.82) is 0 Å². The van der Waals surface area contributed by atoms with E-state index in [1.807, 2.05) is 53.4 Å². The van der Waals surface area contributed by atoms with Crippen LogP contribution in [0.5, 0.6) is 0 Å². The molecule has 3 fully saturated rings. The Kier molecular flexibility index (Phi) is 13.4. The molecule has 4 N–H and O–H groups in total. The predicted octanol–water partition coefficient (Wildman–Crippen LogP) is 11.2. The zero-order valence-corrected chi connectivity index (χ0v) is 33.0. The van der Waals surface area contributed by atoms with Gasteiger partial charge in [0.1, 0.15) is 0 Å². The Morgan fingerprint density at radius 1 is 0.722 bits per heavy atom. The molecule has 6 aromatic rings. The maximum absolute atomic E-state index is 12.9. The zero-order valence-electron chi connectivity index (χ0n) is 29.2. The number of β-lactam (4-membered cyclic amide) rings is 1. The van der Waals surface area contributed by atoms with Crippen molar-refractivity contribution in [2.45, 2.75) is 44.1 Å². The lowest BCUT2D eigenvalue weighted by Crippen LogP contribution is -2.54. The molecule has 54 heavy (non-hydrogen) atoms. The fraction of sp³-hybridized carbons (Fsp3) is 0.262. The third-order valence-corrected chi connectivity index (χ3v) is 10.6. The van der Waals surface area contributed by atoms with Crippen molar-refractivity contribution in [2.24, 2.45) is 17.6 Å². The normalized spacial score (nSPS) is 17.4. The van der Waals surface area contributed by atoms with Gasteiger partial charge in [-0.2, -0.15) is 0 Å². The molecule has 2 aliphatic carbocycles. The van der Waals surface area contributed by atoms with Crippen molar-refractivity contribution in [3.63, 3.8) is 0 Å². The minimum absolute atomic E-state index is 0.0375. The molecule has 1 aliphatic heterocycles. The fourth-order valence-corrected chi connectivity index (χ4v) is 7.01. The Hall–Kier alpha value is -3.82. The number of hydrogen-bond acceptors (Lipinski definition) is 4. The van der Waals surface area contributed by atoms with Crippen molar-refractivity contribution >= 4 is 97.2 Å². The molecule has 2 unspecified atom stereocenters. The van der Waals surface area contributed by atoms with E-state index in [-0.39, 0.29) is 29.5 Å². The third kappa shape index (κ3) is 10.7. The van der Waals surface area contributed by atoms with Crippen LogP contribution in [0.2, 0.25) is 20.1 Å². The molecule has 2 saturated carbocycles. The maximum Gasteiger partial charge on any atom is 0.233 e. The molecule has 2 aromatic heterocycles. The standard InChI is InChI=1S/C21H18Cl2N2O.C9H6ClNO.C8H6Cl2O.C4H9N/c22-15-6-3-13(4-7-15)19-20(25(21(19)26)11-12-1-2-12)18-9-14-5-8-16(23)10-17(14)24-18;10-7-2-1-6-3-8(5-12)11-9(6)4-7;9-7-3-1-6(2-4-7)5-8(10)11;5-3-4-1-2-4/h3-10,12,19-20,24H,1-2,11H2;1-5,11H;1-4H,5H2;4H,1-3,5H2. The first-order chi connectivity index (χ1) is 26.0. The van der Waals surface area contributed by atoms with E-state index in [2.05, 4.69) is 16.0 Å². The number of benzene rings is 4. The molecule has 2 atom stereocenters. The summed E-state index contributed by atoms with van der Waals surface area (Å²) < 4.78 is 0. The van der Waals surface area contributed by atoms with Crippen LogP contribution in [0.3, 0.4) is 0 Å². The molecule has 3 heterocycles. The Morgan fingerprint density at radius 3 is 1.78 bits per heavy atom. The van der Waals surface area contributed by atoms with Crippen LogP contribution in [0.15, 0.2) is 97.1 Å². The van der Waals surface area contributed by atoms with E-state index in [1.165, 1.54) is 25.7 Å². The number of nitrogens with two attached hydrogens (primary N) is 1. The van der Waals surface area contributed by atoms with Gasteiger partial charge in [0, 0.05) is 55.2 Å². The summed E-state index contributed by atoms with van der Waals surface area (Å²) in [6.07, 6.45) is 6.27. The molecule has 3 aliphatic rings. The number of likely N-dealkylation sites (tertiary alicyclic amines) is 1. The van der Waals surface area contributed by atoms with Gasteiger partial charge in [0.05, 0.1) is 17.7 Å². The number of aromatic nitrogens is 2. The van der Waals surface area contributed by atoms with E-state index >= 15 is 0 Å². The van der Waals surface area contributed by atoms with Gasteiger partial charge in [0.25, 0.3) is 0 Å². The Morgan fingerprint density at radius 2 is 1.26 bits per heavy atom. The van der Waals surface area contributed by atoms with E-state index in [1.54, 1.807) is 42.5 Å². The quantitative estimate of drug-likeness (QED) is 0.0806. The Balaban J connectivity index is 0.000000147.